The molecule has 0 bridgehead atoms. The van der Waals surface area contributed by atoms with E-state index < -0.39 is 20.8 Å². The van der Waals surface area contributed by atoms with Gasteiger partial charge in [-0.2, -0.15) is 0 Å². The van der Waals surface area contributed by atoms with Gasteiger partial charge in [0, 0.05) is 0 Å². The Kier molecular flexibility index (Phi) is 7.16. The molecule has 0 fully saturated rings. The molecule has 0 N–H and O–H groups in total. The first-order valence-corrected chi connectivity index (χ1v) is 5.07. The number of hydrogen-bond acceptors (Lipinski definition) is 1. The average Bonchev–Trinajstić information content (AvgIpc) is 1.87. The van der Waals surface area contributed by atoms with Crippen LogP contribution in [0.3, 0.4) is 0 Å². The Hall–Kier alpha value is 1.70. The second kappa shape index (κ2) is 6.20. The molecule has 0 aromatic carbocycles. The lowest BCUT2D eigenvalue weighted by Crippen LogP contribution is -2.22. The summed E-state index contributed by atoms with van der Waals surface area (Å²) in [7, 11) is 0. The molecule has 0 aromatic rings. The van der Waals surface area contributed by atoms with Crippen molar-refractivity contribution in [3.05, 3.63) is 0 Å². The van der Waals surface area contributed by atoms with Crippen molar-refractivity contribution in [1.29, 1.82) is 0 Å². The number of hydrogen-bond donors (Lipinski definition) is 0. The molecule has 0 spiro atoms. The third-order valence-corrected chi connectivity index (χ3v) is 2.80. The summed E-state index contributed by atoms with van der Waals surface area (Å²) in [6.07, 6.45) is 0. The van der Waals surface area contributed by atoms with E-state index in [1.807, 2.05) is 0 Å². The average molecular weight is 281 g/mol. The molecule has 0 aliphatic heterocycles. The van der Waals surface area contributed by atoms with Crippen LogP contribution in [0.15, 0.2) is 0 Å². The molecule has 0 rings (SSSR count). The third-order valence-electron chi connectivity index (χ3n) is 0.656. The lowest BCUT2D eigenvalue weighted by Gasteiger charge is -2.16. The molecule has 0 heterocycles. The maximum absolute atomic E-state index is 5.47. The highest BCUT2D eigenvalue weighted by molar-refractivity contribution is 6.49. The van der Waals surface area contributed by atoms with Gasteiger partial charge >= 0.3 is 0 Å². The van der Waals surface area contributed by atoms with Crippen LogP contribution in [-0.4, -0.2) is 20.8 Å². The van der Waals surface area contributed by atoms with Gasteiger partial charge in [-0.1, -0.05) is 23.2 Å². The van der Waals surface area contributed by atoms with Gasteiger partial charge in [0.15, 0.2) is 11.1 Å². The van der Waals surface area contributed by atoms with E-state index in [0.29, 0.717) is 0 Å². The van der Waals surface area contributed by atoms with Crippen LogP contribution in [0.4, 0.5) is 0 Å². The van der Waals surface area contributed by atoms with E-state index >= 15 is 0 Å². The van der Waals surface area contributed by atoms with Crippen LogP contribution in [0.1, 0.15) is 0 Å². The smallest absolute Gasteiger partial charge is 0.163 e. The maximum atomic E-state index is 5.47. The van der Waals surface area contributed by atoms with Gasteiger partial charge < -0.3 is 4.74 Å². The third kappa shape index (κ3) is 5.87. The minimum Gasteiger partial charge on any atom is -0.338 e. The van der Waals surface area contributed by atoms with Crippen molar-refractivity contribution in [2.75, 3.05) is 0 Å². The molecule has 0 amide bonds. The van der Waals surface area contributed by atoms with Crippen molar-refractivity contribution in [2.24, 2.45) is 0 Å². The molecule has 68 valence electrons. The second-order valence-electron chi connectivity index (χ2n) is 1.51. The van der Waals surface area contributed by atoms with E-state index in [1.165, 1.54) is 0 Å². The molecular formula is C4H4Cl6O. The summed E-state index contributed by atoms with van der Waals surface area (Å²) in [4.78, 5) is -1.74. The van der Waals surface area contributed by atoms with Gasteiger partial charge in [-0.25, -0.2) is 0 Å². The Morgan fingerprint density at radius 2 is 0.909 bits per heavy atom. The Bertz CT molecular complexity index is 94.8. The van der Waals surface area contributed by atoms with E-state index in [2.05, 4.69) is 0 Å². The predicted molar refractivity (Wildman–Crippen MR) is 51.4 cm³/mol. The first-order chi connectivity index (χ1) is 4.95. The molecule has 0 aliphatic rings. The highest BCUT2D eigenvalue weighted by atomic mass is 35.5. The fraction of sp³-hybridized carbons (Fsp3) is 1.00. The van der Waals surface area contributed by atoms with Crippen molar-refractivity contribution in [3.8, 4) is 0 Å². The zero-order chi connectivity index (χ0) is 9.02. The van der Waals surface area contributed by atoms with Crippen LogP contribution in [0.25, 0.3) is 0 Å². The first-order valence-electron chi connectivity index (χ1n) is 2.45. The normalized spacial score (nSPS) is 17.5. The van der Waals surface area contributed by atoms with Gasteiger partial charge in [0.1, 0.15) is 9.67 Å². The van der Waals surface area contributed by atoms with Crippen LogP contribution < -0.4 is 0 Å². The number of ether oxygens (including phenoxy) is 1. The summed E-state index contributed by atoms with van der Waals surface area (Å²) in [5, 5.41) is 0. The van der Waals surface area contributed by atoms with Gasteiger partial charge in [-0.15, -0.1) is 46.4 Å². The lowest BCUT2D eigenvalue weighted by molar-refractivity contribution is 0.0974. The first kappa shape index (κ1) is 12.7. The van der Waals surface area contributed by atoms with Crippen LogP contribution in [0.5, 0.6) is 0 Å². The molecular weight excluding hydrogens is 277 g/mol. The topological polar surface area (TPSA) is 9.23 Å². The second-order valence-corrected chi connectivity index (χ2v) is 4.70. The summed E-state index contributed by atoms with van der Waals surface area (Å²) >= 11 is 32.3. The zero-order valence-corrected chi connectivity index (χ0v) is 9.52. The van der Waals surface area contributed by atoms with Crippen molar-refractivity contribution in [3.63, 3.8) is 0 Å². The van der Waals surface area contributed by atoms with E-state index in [-0.39, 0.29) is 0 Å². The summed E-state index contributed by atoms with van der Waals surface area (Å²) in [6, 6.07) is 0. The van der Waals surface area contributed by atoms with E-state index in [0.717, 1.165) is 0 Å². The van der Waals surface area contributed by atoms with Crippen molar-refractivity contribution in [1.82, 2.24) is 0 Å². The highest BCUT2D eigenvalue weighted by Crippen LogP contribution is 2.23. The minimum atomic E-state index is -0.916. The van der Waals surface area contributed by atoms with E-state index in [9.17, 15) is 0 Å². The molecule has 0 saturated carbocycles. The number of alkyl halides is 6. The van der Waals surface area contributed by atoms with Gasteiger partial charge in [-0.3, -0.25) is 0 Å². The predicted octanol–water partition coefficient (Wildman–Crippen LogP) is 3.74. The highest BCUT2D eigenvalue weighted by Gasteiger charge is 2.22. The molecule has 0 saturated heterocycles. The fourth-order valence-corrected chi connectivity index (χ4v) is 0.755. The van der Waals surface area contributed by atoms with Crippen LogP contribution in [-0.2, 0) is 4.74 Å². The van der Waals surface area contributed by atoms with Crippen LogP contribution in [0.2, 0.25) is 0 Å². The molecule has 7 heteroatoms. The van der Waals surface area contributed by atoms with Crippen molar-refractivity contribution >= 4 is 69.6 Å². The van der Waals surface area contributed by atoms with Crippen LogP contribution in [0, 0.1) is 0 Å². The quantitative estimate of drug-likeness (QED) is 0.713. The number of rotatable bonds is 4. The molecule has 0 aliphatic carbocycles. The molecule has 2 atom stereocenters. The number of halogens is 6. The molecule has 2 unspecified atom stereocenters. The van der Waals surface area contributed by atoms with Gasteiger partial charge in [0.25, 0.3) is 0 Å². The van der Waals surface area contributed by atoms with Crippen molar-refractivity contribution < 1.29 is 4.74 Å². The summed E-state index contributed by atoms with van der Waals surface area (Å²) < 4.78 is 4.78. The fourth-order valence-electron chi connectivity index (χ4n) is 0.243. The maximum Gasteiger partial charge on any atom is 0.163 e. The Morgan fingerprint density at radius 1 is 0.636 bits per heavy atom. The molecule has 1 nitrogen and oxygen atoms in total. The largest absolute Gasteiger partial charge is 0.338 e. The molecule has 0 radical (unpaired) electrons. The zero-order valence-electron chi connectivity index (χ0n) is 4.99. The minimum absolute atomic E-state index is 0.870. The summed E-state index contributed by atoms with van der Waals surface area (Å²) in [5.41, 5.74) is -1.83. The van der Waals surface area contributed by atoms with Gasteiger partial charge in [-0.05, 0) is 0 Å². The molecule has 11 heavy (non-hydrogen) atoms. The Morgan fingerprint density at radius 3 is 1.09 bits per heavy atom. The summed E-state index contributed by atoms with van der Waals surface area (Å²) in [5.74, 6) is 0. The Balaban J connectivity index is 3.66. The van der Waals surface area contributed by atoms with Gasteiger partial charge in [0.05, 0.1) is 0 Å². The standard InChI is InChI=1S/C4H4Cl6O/c5-1(6)3(9)11-4(10)2(7)8/h1-4H. The monoisotopic (exact) mass is 278 g/mol. The van der Waals surface area contributed by atoms with E-state index in [4.69, 9.17) is 74.3 Å². The van der Waals surface area contributed by atoms with Crippen LogP contribution >= 0.6 is 69.6 Å². The van der Waals surface area contributed by atoms with Gasteiger partial charge in [0.2, 0.25) is 0 Å². The molecule has 0 aromatic heterocycles. The SMILES string of the molecule is ClC(Cl)C(Cl)OC(Cl)C(Cl)Cl. The summed E-state index contributed by atoms with van der Waals surface area (Å²) in [6.45, 7) is 0. The lowest BCUT2D eigenvalue weighted by atomic mass is 10.7. The Labute approximate surface area is 94.8 Å². The van der Waals surface area contributed by atoms with Crippen molar-refractivity contribution in [2.45, 2.75) is 20.8 Å². The van der Waals surface area contributed by atoms with E-state index in [1.54, 1.807) is 0 Å².